The number of piperazine rings is 1. The molecule has 138 valence electrons. The summed E-state index contributed by atoms with van der Waals surface area (Å²) in [5.41, 5.74) is 7.61. The van der Waals surface area contributed by atoms with E-state index >= 15 is 0 Å². The predicted octanol–water partition coefficient (Wildman–Crippen LogP) is 2.62. The Morgan fingerprint density at radius 1 is 1.12 bits per heavy atom. The fraction of sp³-hybridized carbons (Fsp3) is 0.421. The average Bonchev–Trinajstić information content (AvgIpc) is 3.32. The average molecular weight is 435 g/mol. The number of hydrogen-bond donors (Lipinski definition) is 2. The number of thiophene rings is 1. The monoisotopic (exact) mass is 434 g/mol. The van der Waals surface area contributed by atoms with E-state index < -0.39 is 0 Å². The Morgan fingerprint density at radius 2 is 1.88 bits per heavy atom. The molecule has 0 spiro atoms. The summed E-state index contributed by atoms with van der Waals surface area (Å²) < 4.78 is 1.18. The molecule has 1 aromatic carbocycles. The smallest absolute Gasteiger partial charge is 0.229 e. The van der Waals surface area contributed by atoms with Gasteiger partial charge in [-0.3, -0.25) is 15.1 Å². The quantitative estimate of drug-likeness (QED) is 0.776. The van der Waals surface area contributed by atoms with E-state index in [2.05, 4.69) is 55.9 Å². The molecule has 2 aliphatic rings. The van der Waals surface area contributed by atoms with Crippen molar-refractivity contribution in [3.63, 3.8) is 0 Å². The highest BCUT2D eigenvalue weighted by Gasteiger charge is 2.37. The van der Waals surface area contributed by atoms with E-state index in [1.54, 1.807) is 11.3 Å². The maximum atomic E-state index is 13.1. The summed E-state index contributed by atoms with van der Waals surface area (Å²) >= 11 is 5.31. The summed E-state index contributed by atoms with van der Waals surface area (Å²) in [4.78, 5) is 18.9. The maximum Gasteiger partial charge on any atom is 0.229 e. The molecule has 26 heavy (non-hydrogen) atoms. The first-order chi connectivity index (χ1) is 12.7. The van der Waals surface area contributed by atoms with E-state index in [-0.39, 0.29) is 17.9 Å². The molecule has 1 amide bonds. The standard InChI is InChI=1S/C19H23BrN4OS/c20-17-7-6-15(26-17)13-23-8-10-24(11-9-23)19(25)16-12-21-22-18(16)14-4-2-1-3-5-14/h1-7,16,18,21-22H,8-13H2. The van der Waals surface area contributed by atoms with Crippen LogP contribution in [0.1, 0.15) is 16.5 Å². The number of nitrogens with zero attached hydrogens (tertiary/aromatic N) is 2. The van der Waals surface area contributed by atoms with Crippen molar-refractivity contribution in [3.8, 4) is 0 Å². The number of rotatable bonds is 4. The first kappa shape index (κ1) is 18.1. The second kappa shape index (κ2) is 8.19. The van der Waals surface area contributed by atoms with Gasteiger partial charge in [-0.15, -0.1) is 11.3 Å². The summed E-state index contributed by atoms with van der Waals surface area (Å²) in [6, 6.07) is 14.6. The third-order valence-corrected chi connectivity index (χ3v) is 6.76. The van der Waals surface area contributed by atoms with Crippen LogP contribution in [0.3, 0.4) is 0 Å². The zero-order valence-corrected chi connectivity index (χ0v) is 16.9. The molecule has 7 heteroatoms. The van der Waals surface area contributed by atoms with Crippen LogP contribution in [0.2, 0.25) is 0 Å². The van der Waals surface area contributed by atoms with Gasteiger partial charge in [0.2, 0.25) is 5.91 Å². The number of amides is 1. The van der Waals surface area contributed by atoms with E-state index in [1.807, 2.05) is 23.1 Å². The molecule has 4 rings (SSSR count). The number of hydrogen-bond acceptors (Lipinski definition) is 5. The van der Waals surface area contributed by atoms with Crippen molar-refractivity contribution in [2.24, 2.45) is 5.92 Å². The number of halogens is 1. The Hall–Kier alpha value is -1.25. The topological polar surface area (TPSA) is 47.6 Å². The van der Waals surface area contributed by atoms with Crippen LogP contribution in [-0.2, 0) is 11.3 Å². The molecule has 0 radical (unpaired) electrons. The second-order valence-electron chi connectivity index (χ2n) is 6.83. The van der Waals surface area contributed by atoms with Crippen LogP contribution < -0.4 is 10.9 Å². The lowest BCUT2D eigenvalue weighted by Gasteiger charge is -2.36. The van der Waals surface area contributed by atoms with Gasteiger partial charge in [0, 0.05) is 44.1 Å². The van der Waals surface area contributed by atoms with Crippen LogP contribution in [0.25, 0.3) is 0 Å². The van der Waals surface area contributed by atoms with Gasteiger partial charge in [0.05, 0.1) is 15.7 Å². The first-order valence-electron chi connectivity index (χ1n) is 8.99. The van der Waals surface area contributed by atoms with Gasteiger partial charge in [-0.05, 0) is 33.6 Å². The van der Waals surface area contributed by atoms with Crippen molar-refractivity contribution in [1.29, 1.82) is 0 Å². The van der Waals surface area contributed by atoms with Gasteiger partial charge >= 0.3 is 0 Å². The minimum absolute atomic E-state index is 0.0443. The molecule has 2 atom stereocenters. The van der Waals surface area contributed by atoms with Gasteiger partial charge in [-0.1, -0.05) is 30.3 Å². The van der Waals surface area contributed by atoms with Crippen molar-refractivity contribution < 1.29 is 4.79 Å². The van der Waals surface area contributed by atoms with Gasteiger partial charge in [-0.2, -0.15) is 0 Å². The third-order valence-electron chi connectivity index (χ3n) is 5.15. The van der Waals surface area contributed by atoms with Crippen LogP contribution in [0.5, 0.6) is 0 Å². The molecular formula is C19H23BrN4OS. The highest BCUT2D eigenvalue weighted by Crippen LogP contribution is 2.27. The molecule has 2 aromatic rings. The molecule has 3 heterocycles. The van der Waals surface area contributed by atoms with Gasteiger partial charge < -0.3 is 4.90 Å². The molecule has 2 N–H and O–H groups in total. The molecule has 1 aromatic heterocycles. The van der Waals surface area contributed by atoms with E-state index in [9.17, 15) is 4.79 Å². The minimum atomic E-state index is -0.0443. The number of benzene rings is 1. The zero-order chi connectivity index (χ0) is 17.9. The number of carbonyl (C=O) groups is 1. The van der Waals surface area contributed by atoms with Crippen molar-refractivity contribution in [2.75, 3.05) is 32.7 Å². The Bertz CT molecular complexity index is 745. The number of nitrogens with one attached hydrogen (secondary N) is 2. The minimum Gasteiger partial charge on any atom is -0.340 e. The van der Waals surface area contributed by atoms with E-state index in [0.29, 0.717) is 6.54 Å². The lowest BCUT2D eigenvalue weighted by Crippen LogP contribution is -2.50. The van der Waals surface area contributed by atoms with E-state index in [4.69, 9.17) is 0 Å². The summed E-state index contributed by atoms with van der Waals surface area (Å²) in [6.07, 6.45) is 0. The van der Waals surface area contributed by atoms with Crippen molar-refractivity contribution in [2.45, 2.75) is 12.6 Å². The second-order valence-corrected chi connectivity index (χ2v) is 9.37. The number of hydrazine groups is 1. The Kier molecular flexibility index (Phi) is 5.71. The van der Waals surface area contributed by atoms with E-state index in [0.717, 1.165) is 38.3 Å². The van der Waals surface area contributed by atoms with Crippen molar-refractivity contribution >= 4 is 33.2 Å². The molecule has 0 aliphatic carbocycles. The molecule has 5 nitrogen and oxygen atoms in total. The van der Waals surface area contributed by atoms with Gasteiger partial charge in [0.25, 0.3) is 0 Å². The van der Waals surface area contributed by atoms with Gasteiger partial charge in [-0.25, -0.2) is 5.43 Å². The molecular weight excluding hydrogens is 412 g/mol. The fourth-order valence-corrected chi connectivity index (χ4v) is 5.25. The van der Waals surface area contributed by atoms with Crippen LogP contribution in [0, 0.1) is 5.92 Å². The lowest BCUT2D eigenvalue weighted by atomic mass is 9.93. The summed E-state index contributed by atoms with van der Waals surface area (Å²) in [6.45, 7) is 5.14. The SMILES string of the molecule is O=C(C1CNNC1c1ccccc1)N1CCN(Cc2ccc(Br)s2)CC1. The van der Waals surface area contributed by atoms with Crippen molar-refractivity contribution in [1.82, 2.24) is 20.7 Å². The number of carbonyl (C=O) groups excluding carboxylic acids is 1. The maximum absolute atomic E-state index is 13.1. The highest BCUT2D eigenvalue weighted by atomic mass is 79.9. The summed E-state index contributed by atoms with van der Waals surface area (Å²) in [5, 5.41) is 0. The summed E-state index contributed by atoms with van der Waals surface area (Å²) in [5.74, 6) is 0.215. The van der Waals surface area contributed by atoms with Crippen LogP contribution in [0.4, 0.5) is 0 Å². The molecule has 2 fully saturated rings. The van der Waals surface area contributed by atoms with Gasteiger partial charge in [0.15, 0.2) is 0 Å². The third kappa shape index (κ3) is 4.02. The fourth-order valence-electron chi connectivity index (χ4n) is 3.72. The molecule has 2 unspecified atom stereocenters. The van der Waals surface area contributed by atoms with E-state index in [1.165, 1.54) is 8.66 Å². The van der Waals surface area contributed by atoms with Crippen LogP contribution >= 0.6 is 27.3 Å². The van der Waals surface area contributed by atoms with Crippen LogP contribution in [0.15, 0.2) is 46.3 Å². The molecule has 0 saturated carbocycles. The Balaban J connectivity index is 1.34. The Morgan fingerprint density at radius 3 is 2.58 bits per heavy atom. The Labute approximate surface area is 166 Å². The predicted molar refractivity (Wildman–Crippen MR) is 108 cm³/mol. The normalized spacial score (nSPS) is 24.1. The highest BCUT2D eigenvalue weighted by molar-refractivity contribution is 9.11. The van der Waals surface area contributed by atoms with Gasteiger partial charge in [0.1, 0.15) is 0 Å². The van der Waals surface area contributed by atoms with Crippen LogP contribution in [-0.4, -0.2) is 48.4 Å². The lowest BCUT2D eigenvalue weighted by molar-refractivity contribution is -0.137. The molecule has 2 saturated heterocycles. The van der Waals surface area contributed by atoms with Crippen molar-refractivity contribution in [3.05, 3.63) is 56.7 Å². The zero-order valence-electron chi connectivity index (χ0n) is 14.5. The first-order valence-corrected chi connectivity index (χ1v) is 10.6. The largest absolute Gasteiger partial charge is 0.340 e. The molecule has 0 bridgehead atoms. The summed E-state index contributed by atoms with van der Waals surface area (Å²) in [7, 11) is 0. The molecule has 2 aliphatic heterocycles.